The number of fused-ring (bicyclic) bond motifs is 1. The number of aliphatic hydroxyl groups excluding tert-OH is 1. The molecule has 0 atom stereocenters. The summed E-state index contributed by atoms with van der Waals surface area (Å²) in [4.78, 5) is 14.7. The molecule has 0 radical (unpaired) electrons. The van der Waals surface area contributed by atoms with Crippen LogP contribution in [-0.4, -0.2) is 30.2 Å². The number of hydrogen-bond acceptors (Lipinski definition) is 4. The highest BCUT2D eigenvalue weighted by molar-refractivity contribution is 8.45. The second kappa shape index (κ2) is 8.13. The number of hydrogen-bond donors (Lipinski definition) is 2. The number of amides is 1. The van der Waals surface area contributed by atoms with Gasteiger partial charge in [-0.2, -0.15) is 5.10 Å². The van der Waals surface area contributed by atoms with E-state index in [1.807, 2.05) is 23.6 Å². The zero-order valence-corrected chi connectivity index (χ0v) is 20.5. The first kappa shape index (κ1) is 25.4. The number of rotatable bonds is 6. The van der Waals surface area contributed by atoms with E-state index < -0.39 is 38.8 Å². The van der Waals surface area contributed by atoms with E-state index in [-0.39, 0.29) is 17.8 Å². The van der Waals surface area contributed by atoms with Crippen molar-refractivity contribution in [2.24, 2.45) is 0 Å². The number of pyridine rings is 1. The minimum Gasteiger partial charge on any atom is -0.392 e. The number of nitrogens with one attached hydrogen (secondary N) is 1. The van der Waals surface area contributed by atoms with Crippen LogP contribution in [0.15, 0.2) is 84.3 Å². The van der Waals surface area contributed by atoms with Crippen molar-refractivity contribution in [3.63, 3.8) is 0 Å². The topological polar surface area (TPSA) is 84.5 Å². The molecule has 3 heterocycles. The maximum atomic E-state index is 13.4. The molecule has 198 valence electrons. The molecule has 0 aliphatic rings. The van der Waals surface area contributed by atoms with E-state index in [0.717, 1.165) is 17.2 Å². The molecule has 0 aliphatic carbocycles. The zero-order chi connectivity index (χ0) is 27.4. The number of aromatic nitrogens is 4. The van der Waals surface area contributed by atoms with Gasteiger partial charge in [-0.05, 0) is 60.5 Å². The maximum Gasteiger partial charge on any atom is 0.310 e. The van der Waals surface area contributed by atoms with Crippen LogP contribution in [-0.2, 0) is 6.61 Å². The van der Waals surface area contributed by atoms with Crippen LogP contribution < -0.4 is 5.32 Å². The number of aliphatic hydroxyl groups is 1. The molecule has 38 heavy (non-hydrogen) atoms. The SMILES string of the molecule is Cc1ccc(NC(=O)c2cc(CO)cc(S(F)(F)(F)(F)F)c2)cc1-n1ccn2nc(-c3cccnc3)cc12. The van der Waals surface area contributed by atoms with E-state index in [0.29, 0.717) is 17.0 Å². The van der Waals surface area contributed by atoms with E-state index >= 15 is 0 Å². The lowest BCUT2D eigenvalue weighted by molar-refractivity contribution is 0.102. The van der Waals surface area contributed by atoms with E-state index in [4.69, 9.17) is 0 Å². The monoisotopic (exact) mass is 549 g/mol. The van der Waals surface area contributed by atoms with Crippen LogP contribution in [0.5, 0.6) is 0 Å². The normalized spacial score (nSPS) is 13.8. The lowest BCUT2D eigenvalue weighted by Crippen LogP contribution is -2.15. The first-order valence-electron chi connectivity index (χ1n) is 11.1. The summed E-state index contributed by atoms with van der Waals surface area (Å²) in [5.74, 6) is -1.04. The van der Waals surface area contributed by atoms with Gasteiger partial charge in [0.25, 0.3) is 5.91 Å². The summed E-state index contributed by atoms with van der Waals surface area (Å²) in [6.45, 7) is 0.883. The second-order valence-electron chi connectivity index (χ2n) is 8.69. The molecule has 13 heteroatoms. The molecule has 2 aromatic carbocycles. The highest BCUT2D eigenvalue weighted by atomic mass is 32.5. The first-order chi connectivity index (χ1) is 17.7. The molecule has 0 aliphatic heterocycles. The van der Waals surface area contributed by atoms with Gasteiger partial charge in [-0.25, -0.2) is 4.52 Å². The standard InChI is InChI=1S/C25H20F5N5O2S/c1-16-4-5-20(32-25(37)19-9-17(15-36)10-21(11-19)38(26,27,28,29)30)12-23(16)34-7-8-35-24(34)13-22(33-35)18-3-2-6-31-14-18/h2-14,36H,15H2,1H3,(H,32,37). The predicted molar refractivity (Wildman–Crippen MR) is 134 cm³/mol. The summed E-state index contributed by atoms with van der Waals surface area (Å²) in [5.41, 5.74) is 2.75. The van der Waals surface area contributed by atoms with Crippen molar-refractivity contribution in [2.75, 3.05) is 5.32 Å². The fourth-order valence-electron chi connectivity index (χ4n) is 4.00. The van der Waals surface area contributed by atoms with Crippen LogP contribution in [0.2, 0.25) is 0 Å². The Hall–Kier alpha value is -4.23. The molecule has 0 bridgehead atoms. The smallest absolute Gasteiger partial charge is 0.310 e. The highest BCUT2D eigenvalue weighted by Gasteiger charge is 2.65. The van der Waals surface area contributed by atoms with Crippen LogP contribution in [0.1, 0.15) is 21.5 Å². The minimum atomic E-state index is -10.1. The maximum absolute atomic E-state index is 13.4. The largest absolute Gasteiger partial charge is 0.392 e. The fourth-order valence-corrected chi connectivity index (χ4v) is 4.72. The van der Waals surface area contributed by atoms with Crippen LogP contribution >= 0.6 is 10.2 Å². The molecule has 0 spiro atoms. The van der Waals surface area contributed by atoms with Crippen molar-refractivity contribution in [3.05, 3.63) is 96.1 Å². The van der Waals surface area contributed by atoms with Crippen molar-refractivity contribution in [2.45, 2.75) is 18.4 Å². The molecule has 0 saturated carbocycles. The van der Waals surface area contributed by atoms with Gasteiger partial charge in [0.2, 0.25) is 0 Å². The molecular formula is C25H20F5N5O2S. The second-order valence-corrected chi connectivity index (χ2v) is 11.1. The van der Waals surface area contributed by atoms with Gasteiger partial charge in [0.05, 0.1) is 18.0 Å². The molecule has 0 fully saturated rings. The van der Waals surface area contributed by atoms with Crippen molar-refractivity contribution in [1.82, 2.24) is 19.2 Å². The van der Waals surface area contributed by atoms with Gasteiger partial charge in [-0.3, -0.25) is 14.3 Å². The number of carbonyl (C=O) groups is 1. The molecular weight excluding hydrogens is 529 g/mol. The Labute approximate surface area is 212 Å². The number of nitrogens with zero attached hydrogens (tertiary/aromatic N) is 4. The van der Waals surface area contributed by atoms with Crippen LogP contribution in [0, 0.1) is 6.92 Å². The number of carbonyl (C=O) groups excluding carboxylic acids is 1. The van der Waals surface area contributed by atoms with E-state index in [1.54, 1.807) is 47.5 Å². The summed E-state index contributed by atoms with van der Waals surface area (Å²) in [6, 6.07) is 11.5. The van der Waals surface area contributed by atoms with Crippen molar-refractivity contribution in [1.29, 1.82) is 0 Å². The first-order valence-corrected chi connectivity index (χ1v) is 13.1. The Morgan fingerprint density at radius 2 is 1.82 bits per heavy atom. The van der Waals surface area contributed by atoms with E-state index in [1.165, 1.54) is 6.07 Å². The Bertz CT molecular complexity index is 1700. The molecule has 3 aromatic heterocycles. The molecule has 5 rings (SSSR count). The molecule has 2 N–H and O–H groups in total. The Morgan fingerprint density at radius 1 is 1.03 bits per heavy atom. The number of anilines is 1. The van der Waals surface area contributed by atoms with Crippen molar-refractivity contribution >= 4 is 27.5 Å². The predicted octanol–water partition coefficient (Wildman–Crippen LogP) is 6.90. The van der Waals surface area contributed by atoms with E-state index in [9.17, 15) is 29.3 Å². The van der Waals surface area contributed by atoms with Gasteiger partial charge in [0.15, 0.2) is 0 Å². The highest BCUT2D eigenvalue weighted by Crippen LogP contribution is 3.02. The number of halogens is 5. The Balaban J connectivity index is 1.49. The number of imidazole rings is 1. The third-order valence-corrected chi connectivity index (χ3v) is 6.99. The van der Waals surface area contributed by atoms with Gasteiger partial charge >= 0.3 is 10.2 Å². The average Bonchev–Trinajstić information content (AvgIpc) is 3.45. The van der Waals surface area contributed by atoms with Crippen LogP contribution in [0.4, 0.5) is 25.1 Å². The summed E-state index contributed by atoms with van der Waals surface area (Å²) in [7, 11) is -10.1. The van der Waals surface area contributed by atoms with Crippen LogP contribution in [0.3, 0.4) is 0 Å². The summed E-state index contributed by atoms with van der Waals surface area (Å²) < 4.78 is 70.5. The van der Waals surface area contributed by atoms with Gasteiger partial charge in [0.1, 0.15) is 10.5 Å². The van der Waals surface area contributed by atoms with Gasteiger partial charge in [-0.15, -0.1) is 0 Å². The van der Waals surface area contributed by atoms with Crippen molar-refractivity contribution < 1.29 is 29.3 Å². The Kier molecular flexibility index (Phi) is 5.44. The number of benzene rings is 2. The lowest BCUT2D eigenvalue weighted by atomic mass is 10.1. The molecule has 1 amide bonds. The third kappa shape index (κ3) is 4.97. The third-order valence-electron chi connectivity index (χ3n) is 5.86. The summed E-state index contributed by atoms with van der Waals surface area (Å²) in [6.07, 6.45) is 6.83. The summed E-state index contributed by atoms with van der Waals surface area (Å²) >= 11 is 0. The lowest BCUT2D eigenvalue weighted by Gasteiger charge is -2.40. The quantitative estimate of drug-likeness (QED) is 0.226. The van der Waals surface area contributed by atoms with Gasteiger partial charge in [0, 0.05) is 47.7 Å². The zero-order valence-electron chi connectivity index (χ0n) is 19.7. The van der Waals surface area contributed by atoms with Crippen molar-refractivity contribution in [3.8, 4) is 16.9 Å². The minimum absolute atomic E-state index is 0.0902. The molecule has 7 nitrogen and oxygen atoms in total. The van der Waals surface area contributed by atoms with Gasteiger partial charge < -0.3 is 10.4 Å². The average molecular weight is 550 g/mol. The summed E-state index contributed by atoms with van der Waals surface area (Å²) in [5, 5.41) is 16.3. The Morgan fingerprint density at radius 3 is 2.50 bits per heavy atom. The van der Waals surface area contributed by atoms with Crippen LogP contribution in [0.25, 0.3) is 22.6 Å². The fraction of sp³-hybridized carbons (Fsp3) is 0.0800. The molecule has 0 unspecified atom stereocenters. The van der Waals surface area contributed by atoms with E-state index in [2.05, 4.69) is 15.4 Å². The number of aryl methyl sites for hydroxylation is 1. The molecule has 5 aromatic rings. The van der Waals surface area contributed by atoms with Gasteiger partial charge in [-0.1, -0.05) is 25.5 Å². The molecule has 0 saturated heterocycles.